The topological polar surface area (TPSA) is 50.5 Å². The van der Waals surface area contributed by atoms with Crippen molar-refractivity contribution in [3.8, 4) is 0 Å². The van der Waals surface area contributed by atoms with E-state index in [0.717, 1.165) is 22.9 Å². The minimum atomic E-state index is -0.405. The maximum Gasteiger partial charge on any atom is 0.290 e. The summed E-state index contributed by atoms with van der Waals surface area (Å²) in [5, 5.41) is 0.513. The van der Waals surface area contributed by atoms with Gasteiger partial charge in [0, 0.05) is 11.0 Å². The van der Waals surface area contributed by atoms with Gasteiger partial charge in [-0.15, -0.1) is 0 Å². The molecule has 1 amide bonds. The molecule has 2 aromatic carbocycles. The first-order valence-corrected chi connectivity index (χ1v) is 9.53. The van der Waals surface area contributed by atoms with Gasteiger partial charge in [-0.2, -0.15) is 0 Å². The minimum Gasteiger partial charge on any atom is -0.450 e. The van der Waals surface area contributed by atoms with E-state index in [1.165, 1.54) is 0 Å². The zero-order valence-electron chi connectivity index (χ0n) is 14.4. The lowest BCUT2D eigenvalue weighted by molar-refractivity contribution is 0.0725. The summed E-state index contributed by atoms with van der Waals surface area (Å²) in [7, 11) is 0. The predicted molar refractivity (Wildman–Crippen MR) is 104 cm³/mol. The molecule has 2 heterocycles. The number of halogens is 1. The first-order valence-electron chi connectivity index (χ1n) is 8.74. The number of amides is 1. The van der Waals surface area contributed by atoms with Gasteiger partial charge in [0.05, 0.1) is 17.0 Å². The molecule has 1 aliphatic heterocycles. The summed E-state index contributed by atoms with van der Waals surface area (Å²) in [6.07, 6.45) is 1.84. The quantitative estimate of drug-likeness (QED) is 0.613. The molecular formula is C21H18BrNO3. The number of unbranched alkanes of at least 4 members (excludes halogenated alkanes) is 1. The SMILES string of the molecule is CCCCN1C(=O)c2oc3ccccc3c(=O)c2C1c1ccc(Br)cc1. The summed E-state index contributed by atoms with van der Waals surface area (Å²) < 4.78 is 6.84. The summed E-state index contributed by atoms with van der Waals surface area (Å²) in [6.45, 7) is 2.68. The van der Waals surface area contributed by atoms with E-state index in [9.17, 15) is 9.59 Å². The zero-order valence-corrected chi connectivity index (χ0v) is 16.0. The Hall–Kier alpha value is -2.40. The summed E-state index contributed by atoms with van der Waals surface area (Å²) in [5.41, 5.74) is 1.70. The van der Waals surface area contributed by atoms with Crippen LogP contribution in [-0.2, 0) is 0 Å². The molecule has 132 valence electrons. The van der Waals surface area contributed by atoms with Crippen LogP contribution in [0.4, 0.5) is 0 Å². The monoisotopic (exact) mass is 411 g/mol. The molecule has 0 aliphatic carbocycles. The number of benzene rings is 2. The molecule has 0 radical (unpaired) electrons. The van der Waals surface area contributed by atoms with Gasteiger partial charge in [0.2, 0.25) is 5.76 Å². The first-order chi connectivity index (χ1) is 12.6. The largest absolute Gasteiger partial charge is 0.450 e. The number of carbonyl (C=O) groups excluding carboxylic acids is 1. The van der Waals surface area contributed by atoms with Gasteiger partial charge in [-0.05, 0) is 36.2 Å². The highest BCUT2D eigenvalue weighted by molar-refractivity contribution is 9.10. The fraction of sp³-hybridized carbons (Fsp3) is 0.238. The highest BCUT2D eigenvalue weighted by Crippen LogP contribution is 2.38. The Kier molecular flexibility index (Phi) is 4.41. The Labute approximate surface area is 159 Å². The number of carbonyl (C=O) groups is 1. The Bertz CT molecular complexity index is 1040. The summed E-state index contributed by atoms with van der Waals surface area (Å²) >= 11 is 3.44. The Balaban J connectivity index is 1.96. The molecule has 26 heavy (non-hydrogen) atoms. The Morgan fingerprint density at radius 2 is 1.81 bits per heavy atom. The van der Waals surface area contributed by atoms with Crippen molar-refractivity contribution >= 4 is 32.8 Å². The number of hydrogen-bond donors (Lipinski definition) is 0. The van der Waals surface area contributed by atoms with Crippen LogP contribution in [0.1, 0.15) is 47.5 Å². The molecule has 0 spiro atoms. The van der Waals surface area contributed by atoms with Gasteiger partial charge in [0.25, 0.3) is 5.91 Å². The predicted octanol–water partition coefficient (Wildman–Crippen LogP) is 4.90. The van der Waals surface area contributed by atoms with Crippen LogP contribution in [0.3, 0.4) is 0 Å². The van der Waals surface area contributed by atoms with Gasteiger partial charge < -0.3 is 9.32 Å². The zero-order chi connectivity index (χ0) is 18.3. The molecule has 0 bridgehead atoms. The Morgan fingerprint density at radius 1 is 1.08 bits per heavy atom. The normalized spacial score (nSPS) is 16.3. The van der Waals surface area contributed by atoms with Crippen molar-refractivity contribution in [3.05, 3.63) is 80.1 Å². The molecule has 1 aromatic heterocycles. The van der Waals surface area contributed by atoms with E-state index >= 15 is 0 Å². The molecule has 4 rings (SSSR count). The lowest BCUT2D eigenvalue weighted by Gasteiger charge is -2.25. The van der Waals surface area contributed by atoms with Crippen molar-refractivity contribution < 1.29 is 9.21 Å². The molecule has 1 unspecified atom stereocenters. The summed E-state index contributed by atoms with van der Waals surface area (Å²) in [5.74, 6) is -0.0260. The van der Waals surface area contributed by atoms with E-state index in [0.29, 0.717) is 23.1 Å². The lowest BCUT2D eigenvalue weighted by Crippen LogP contribution is -2.30. The van der Waals surface area contributed by atoms with Crippen LogP contribution in [0.15, 0.2) is 62.2 Å². The molecule has 1 aliphatic rings. The van der Waals surface area contributed by atoms with Crippen LogP contribution in [0.5, 0.6) is 0 Å². The molecule has 3 aromatic rings. The van der Waals surface area contributed by atoms with Gasteiger partial charge in [-0.1, -0.05) is 53.5 Å². The molecule has 0 fully saturated rings. The van der Waals surface area contributed by atoms with Crippen molar-refractivity contribution in [2.45, 2.75) is 25.8 Å². The van der Waals surface area contributed by atoms with Crippen LogP contribution in [-0.4, -0.2) is 17.4 Å². The molecule has 4 nitrogen and oxygen atoms in total. The van der Waals surface area contributed by atoms with E-state index < -0.39 is 6.04 Å². The molecule has 1 atom stereocenters. The Morgan fingerprint density at radius 3 is 2.54 bits per heavy atom. The van der Waals surface area contributed by atoms with Gasteiger partial charge in [-0.25, -0.2) is 0 Å². The van der Waals surface area contributed by atoms with Crippen LogP contribution in [0.25, 0.3) is 11.0 Å². The van der Waals surface area contributed by atoms with Crippen molar-refractivity contribution in [1.82, 2.24) is 4.90 Å². The number of fused-ring (bicyclic) bond motifs is 2. The number of nitrogens with zero attached hydrogens (tertiary/aromatic N) is 1. The van der Waals surface area contributed by atoms with Gasteiger partial charge in [0.1, 0.15) is 5.58 Å². The summed E-state index contributed by atoms with van der Waals surface area (Å²) in [4.78, 5) is 28.0. The fourth-order valence-electron chi connectivity index (χ4n) is 3.52. The smallest absolute Gasteiger partial charge is 0.290 e. The highest BCUT2D eigenvalue weighted by Gasteiger charge is 2.42. The van der Waals surface area contributed by atoms with Crippen LogP contribution < -0.4 is 5.43 Å². The van der Waals surface area contributed by atoms with Crippen LogP contribution >= 0.6 is 15.9 Å². The van der Waals surface area contributed by atoms with E-state index in [-0.39, 0.29) is 17.1 Å². The average molecular weight is 412 g/mol. The van der Waals surface area contributed by atoms with Crippen molar-refractivity contribution in [2.75, 3.05) is 6.54 Å². The summed E-state index contributed by atoms with van der Waals surface area (Å²) in [6, 6.07) is 14.4. The third-order valence-electron chi connectivity index (χ3n) is 4.81. The second-order valence-corrected chi connectivity index (χ2v) is 7.39. The molecular weight excluding hydrogens is 394 g/mol. The maximum atomic E-state index is 13.2. The third-order valence-corrected chi connectivity index (χ3v) is 5.34. The molecule has 0 saturated carbocycles. The van der Waals surface area contributed by atoms with E-state index in [1.54, 1.807) is 23.1 Å². The van der Waals surface area contributed by atoms with E-state index in [2.05, 4.69) is 22.9 Å². The maximum absolute atomic E-state index is 13.2. The van der Waals surface area contributed by atoms with Crippen molar-refractivity contribution in [1.29, 1.82) is 0 Å². The third kappa shape index (κ3) is 2.67. The van der Waals surface area contributed by atoms with Gasteiger partial charge in [0.15, 0.2) is 5.43 Å². The first kappa shape index (κ1) is 17.0. The number of hydrogen-bond acceptors (Lipinski definition) is 3. The van der Waals surface area contributed by atoms with Crippen molar-refractivity contribution in [2.24, 2.45) is 0 Å². The molecule has 0 saturated heterocycles. The van der Waals surface area contributed by atoms with E-state index in [1.807, 2.05) is 30.3 Å². The van der Waals surface area contributed by atoms with Gasteiger partial charge >= 0.3 is 0 Å². The lowest BCUT2D eigenvalue weighted by atomic mass is 9.98. The fourth-order valence-corrected chi connectivity index (χ4v) is 3.78. The number of para-hydroxylation sites is 1. The van der Waals surface area contributed by atoms with E-state index in [4.69, 9.17) is 4.42 Å². The van der Waals surface area contributed by atoms with Crippen molar-refractivity contribution in [3.63, 3.8) is 0 Å². The van der Waals surface area contributed by atoms with Crippen LogP contribution in [0, 0.1) is 0 Å². The molecule has 0 N–H and O–H groups in total. The highest BCUT2D eigenvalue weighted by atomic mass is 79.9. The van der Waals surface area contributed by atoms with Gasteiger partial charge in [-0.3, -0.25) is 9.59 Å². The minimum absolute atomic E-state index is 0.123. The molecule has 5 heteroatoms. The van der Waals surface area contributed by atoms with Crippen LogP contribution in [0.2, 0.25) is 0 Å². The standard InChI is InChI=1S/C21H18BrNO3/c1-2-3-12-23-18(13-8-10-14(22)11-9-13)17-19(24)15-6-4-5-7-16(15)26-20(17)21(23)25/h4-11,18H,2-3,12H2,1H3. The average Bonchev–Trinajstić information content (AvgIpc) is 2.93. The number of rotatable bonds is 4. The second-order valence-electron chi connectivity index (χ2n) is 6.48. The second kappa shape index (κ2) is 6.72.